The van der Waals surface area contributed by atoms with E-state index in [-0.39, 0.29) is 6.42 Å². The zero-order chi connectivity index (χ0) is 8.85. The Hall–Kier alpha value is -0.650. The SMILES string of the molecule is COC(OC)C(N)CC(=O)O. The second-order valence-electron chi connectivity index (χ2n) is 2.10. The average Bonchev–Trinajstić information content (AvgIpc) is 1.88. The Balaban J connectivity index is 3.78. The van der Waals surface area contributed by atoms with E-state index in [0.29, 0.717) is 0 Å². The number of hydrogen-bond acceptors (Lipinski definition) is 4. The average molecular weight is 163 g/mol. The van der Waals surface area contributed by atoms with Gasteiger partial charge in [-0.05, 0) is 0 Å². The lowest BCUT2D eigenvalue weighted by atomic mass is 10.2. The van der Waals surface area contributed by atoms with Crippen molar-refractivity contribution >= 4 is 5.97 Å². The first kappa shape index (κ1) is 10.3. The van der Waals surface area contributed by atoms with Crippen LogP contribution in [0.25, 0.3) is 0 Å². The summed E-state index contributed by atoms with van der Waals surface area (Å²) in [5.41, 5.74) is 5.41. The number of carboxylic acids is 1. The quantitative estimate of drug-likeness (QED) is 0.529. The van der Waals surface area contributed by atoms with E-state index in [1.807, 2.05) is 0 Å². The molecule has 0 aromatic carbocycles. The number of ether oxygens (including phenoxy) is 2. The Labute approximate surface area is 65.1 Å². The Morgan fingerprint density at radius 2 is 2.00 bits per heavy atom. The van der Waals surface area contributed by atoms with Crippen LogP contribution in [0.1, 0.15) is 6.42 Å². The highest BCUT2D eigenvalue weighted by Crippen LogP contribution is 2.00. The van der Waals surface area contributed by atoms with Crippen LogP contribution in [0.5, 0.6) is 0 Å². The highest BCUT2D eigenvalue weighted by Gasteiger charge is 2.18. The fraction of sp³-hybridized carbons (Fsp3) is 0.833. The van der Waals surface area contributed by atoms with E-state index in [1.54, 1.807) is 0 Å². The topological polar surface area (TPSA) is 81.8 Å². The van der Waals surface area contributed by atoms with E-state index in [2.05, 4.69) is 0 Å². The summed E-state index contributed by atoms with van der Waals surface area (Å²) in [6.07, 6.45) is -0.808. The molecule has 0 aliphatic carbocycles. The first-order valence-corrected chi connectivity index (χ1v) is 3.14. The Morgan fingerprint density at radius 3 is 2.27 bits per heavy atom. The Morgan fingerprint density at radius 1 is 1.55 bits per heavy atom. The molecule has 1 atom stereocenters. The molecule has 1 unspecified atom stereocenters. The molecule has 0 aromatic heterocycles. The smallest absolute Gasteiger partial charge is 0.305 e. The fourth-order valence-corrected chi connectivity index (χ4v) is 0.744. The van der Waals surface area contributed by atoms with Gasteiger partial charge >= 0.3 is 5.97 Å². The lowest BCUT2D eigenvalue weighted by Crippen LogP contribution is -2.39. The molecule has 0 radical (unpaired) electrons. The summed E-state index contributed by atoms with van der Waals surface area (Å²) in [5, 5.41) is 8.33. The van der Waals surface area contributed by atoms with Crippen LogP contribution in [-0.2, 0) is 14.3 Å². The van der Waals surface area contributed by atoms with Gasteiger partial charge < -0.3 is 20.3 Å². The molecule has 66 valence electrons. The molecule has 5 nitrogen and oxygen atoms in total. The molecule has 0 saturated heterocycles. The van der Waals surface area contributed by atoms with Crippen molar-refractivity contribution in [3.05, 3.63) is 0 Å². The monoisotopic (exact) mass is 163 g/mol. The van der Waals surface area contributed by atoms with E-state index in [9.17, 15) is 4.79 Å². The highest BCUT2D eigenvalue weighted by atomic mass is 16.7. The Bertz CT molecular complexity index is 124. The van der Waals surface area contributed by atoms with Crippen molar-refractivity contribution in [3.63, 3.8) is 0 Å². The molecule has 3 N–H and O–H groups in total. The number of aliphatic carboxylic acids is 1. The molecule has 0 rings (SSSR count). The van der Waals surface area contributed by atoms with Gasteiger partial charge in [0.15, 0.2) is 6.29 Å². The maximum absolute atomic E-state index is 10.2. The Kier molecular flexibility index (Phi) is 4.76. The molecule has 0 bridgehead atoms. The van der Waals surface area contributed by atoms with Gasteiger partial charge in [0.25, 0.3) is 0 Å². The van der Waals surface area contributed by atoms with Crippen LogP contribution < -0.4 is 5.73 Å². The molecule has 5 heteroatoms. The predicted molar refractivity (Wildman–Crippen MR) is 38.0 cm³/mol. The van der Waals surface area contributed by atoms with Gasteiger partial charge in [0.2, 0.25) is 0 Å². The normalized spacial score (nSPS) is 13.5. The molecule has 0 amide bonds. The van der Waals surface area contributed by atoms with Crippen molar-refractivity contribution in [2.45, 2.75) is 18.8 Å². The molecular formula is C6H13NO4. The molecule has 11 heavy (non-hydrogen) atoms. The third kappa shape index (κ3) is 3.92. The van der Waals surface area contributed by atoms with Gasteiger partial charge in [-0.25, -0.2) is 0 Å². The number of methoxy groups -OCH3 is 2. The van der Waals surface area contributed by atoms with E-state index < -0.39 is 18.3 Å². The maximum Gasteiger partial charge on any atom is 0.305 e. The zero-order valence-corrected chi connectivity index (χ0v) is 6.61. The lowest BCUT2D eigenvalue weighted by molar-refractivity contribution is -0.145. The second kappa shape index (κ2) is 5.06. The van der Waals surface area contributed by atoms with Crippen molar-refractivity contribution in [1.82, 2.24) is 0 Å². The summed E-state index contributed by atoms with van der Waals surface area (Å²) in [6, 6.07) is -0.623. The minimum atomic E-state index is -0.961. The van der Waals surface area contributed by atoms with E-state index in [0.717, 1.165) is 0 Å². The number of nitrogens with two attached hydrogens (primary N) is 1. The minimum absolute atomic E-state index is 0.160. The van der Waals surface area contributed by atoms with Crippen LogP contribution in [0, 0.1) is 0 Å². The van der Waals surface area contributed by atoms with Crippen molar-refractivity contribution in [1.29, 1.82) is 0 Å². The van der Waals surface area contributed by atoms with Gasteiger partial charge in [-0.2, -0.15) is 0 Å². The van der Waals surface area contributed by atoms with Gasteiger partial charge in [-0.3, -0.25) is 4.79 Å². The third-order valence-corrected chi connectivity index (χ3v) is 1.22. The summed E-state index contributed by atoms with van der Waals surface area (Å²) in [7, 11) is 2.83. The van der Waals surface area contributed by atoms with Gasteiger partial charge in [0, 0.05) is 14.2 Å². The molecule has 0 spiro atoms. The molecule has 0 heterocycles. The van der Waals surface area contributed by atoms with E-state index in [1.165, 1.54) is 14.2 Å². The van der Waals surface area contributed by atoms with Crippen molar-refractivity contribution < 1.29 is 19.4 Å². The molecular weight excluding hydrogens is 150 g/mol. The molecule has 0 aromatic rings. The molecule has 0 fully saturated rings. The summed E-state index contributed by atoms with van der Waals surface area (Å²) >= 11 is 0. The van der Waals surface area contributed by atoms with Crippen molar-refractivity contribution in [2.75, 3.05) is 14.2 Å². The number of hydrogen-bond donors (Lipinski definition) is 2. The number of carbonyl (C=O) groups is 1. The van der Waals surface area contributed by atoms with Crippen LogP contribution in [0.2, 0.25) is 0 Å². The molecule has 0 saturated carbocycles. The van der Waals surface area contributed by atoms with Crippen LogP contribution >= 0.6 is 0 Å². The minimum Gasteiger partial charge on any atom is -0.481 e. The summed E-state index contributed by atoms with van der Waals surface area (Å²) < 4.78 is 9.50. The van der Waals surface area contributed by atoms with Gasteiger partial charge in [0.1, 0.15) is 0 Å². The van der Waals surface area contributed by atoms with Crippen molar-refractivity contribution in [2.24, 2.45) is 5.73 Å². The number of carboxylic acid groups (broad SMARTS) is 1. The van der Waals surface area contributed by atoms with Gasteiger partial charge in [-0.15, -0.1) is 0 Å². The van der Waals surface area contributed by atoms with Gasteiger partial charge in [0.05, 0.1) is 12.5 Å². The molecule has 0 aliphatic rings. The highest BCUT2D eigenvalue weighted by molar-refractivity contribution is 5.67. The first-order chi connectivity index (χ1) is 5.11. The van der Waals surface area contributed by atoms with Crippen LogP contribution in [0.15, 0.2) is 0 Å². The second-order valence-corrected chi connectivity index (χ2v) is 2.10. The third-order valence-electron chi connectivity index (χ3n) is 1.22. The van der Waals surface area contributed by atoms with E-state index >= 15 is 0 Å². The zero-order valence-electron chi connectivity index (χ0n) is 6.61. The standard InChI is InChI=1S/C6H13NO4/c1-10-6(11-2)4(7)3-5(8)9/h4,6H,3,7H2,1-2H3,(H,8,9). The fourth-order valence-electron chi connectivity index (χ4n) is 0.744. The predicted octanol–water partition coefficient (Wildman–Crippen LogP) is -0.593. The van der Waals surface area contributed by atoms with Crippen molar-refractivity contribution in [3.8, 4) is 0 Å². The van der Waals surface area contributed by atoms with Crippen LogP contribution in [0.3, 0.4) is 0 Å². The van der Waals surface area contributed by atoms with Gasteiger partial charge in [-0.1, -0.05) is 0 Å². The first-order valence-electron chi connectivity index (χ1n) is 3.14. The summed E-state index contributed by atoms with van der Waals surface area (Å²) in [4.78, 5) is 10.2. The van der Waals surface area contributed by atoms with E-state index in [4.69, 9.17) is 20.3 Å². The largest absolute Gasteiger partial charge is 0.481 e. The lowest BCUT2D eigenvalue weighted by Gasteiger charge is -2.18. The molecule has 0 aliphatic heterocycles. The summed E-state index contributed by atoms with van der Waals surface area (Å²) in [6.45, 7) is 0. The van der Waals surface area contributed by atoms with Crippen LogP contribution in [-0.4, -0.2) is 37.6 Å². The number of rotatable bonds is 5. The maximum atomic E-state index is 10.2. The van der Waals surface area contributed by atoms with Crippen LogP contribution in [0.4, 0.5) is 0 Å². The summed E-state index contributed by atoms with van der Waals surface area (Å²) in [5.74, 6) is -0.961.